The highest BCUT2D eigenvalue weighted by Crippen LogP contribution is 2.20. The van der Waals surface area contributed by atoms with Gasteiger partial charge in [0.05, 0.1) is 11.9 Å². The molecule has 5 heteroatoms. The van der Waals surface area contributed by atoms with Crippen molar-refractivity contribution in [3.63, 3.8) is 0 Å². The zero-order valence-corrected chi connectivity index (χ0v) is 11.1. The van der Waals surface area contributed by atoms with Gasteiger partial charge in [0.25, 0.3) is 0 Å². The standard InChI is InChI=1S/C13H20N4O/c1-9(2)15-12-7-6-11(8-14-12)17(3)13(18)16-10-4-5-10/h6-10H,4-5H2,1-3H3,(H,14,15)(H,16,18). The van der Waals surface area contributed by atoms with Gasteiger partial charge in [0.2, 0.25) is 0 Å². The third-order valence-corrected chi connectivity index (χ3v) is 2.78. The molecule has 2 rings (SSSR count). The predicted molar refractivity (Wildman–Crippen MR) is 73.0 cm³/mol. The van der Waals surface area contributed by atoms with E-state index >= 15 is 0 Å². The largest absolute Gasteiger partial charge is 0.368 e. The Labute approximate surface area is 108 Å². The lowest BCUT2D eigenvalue weighted by Gasteiger charge is -2.18. The fourth-order valence-electron chi connectivity index (χ4n) is 1.58. The smallest absolute Gasteiger partial charge is 0.321 e. The maximum atomic E-state index is 11.8. The molecule has 2 N–H and O–H groups in total. The molecule has 1 heterocycles. The van der Waals surface area contributed by atoms with Gasteiger partial charge in [-0.15, -0.1) is 0 Å². The van der Waals surface area contributed by atoms with Crippen LogP contribution in [0.4, 0.5) is 16.3 Å². The average molecular weight is 248 g/mol. The van der Waals surface area contributed by atoms with Gasteiger partial charge in [-0.25, -0.2) is 9.78 Å². The number of nitrogens with zero attached hydrogens (tertiary/aromatic N) is 2. The number of anilines is 2. The average Bonchev–Trinajstić information content (AvgIpc) is 3.12. The summed E-state index contributed by atoms with van der Waals surface area (Å²) in [5.41, 5.74) is 0.794. The van der Waals surface area contributed by atoms with Crippen molar-refractivity contribution in [1.82, 2.24) is 10.3 Å². The fourth-order valence-corrected chi connectivity index (χ4v) is 1.58. The Bertz CT molecular complexity index is 412. The Morgan fingerprint density at radius 3 is 2.67 bits per heavy atom. The highest BCUT2D eigenvalue weighted by molar-refractivity contribution is 5.91. The number of amides is 2. The monoisotopic (exact) mass is 248 g/mol. The molecule has 0 radical (unpaired) electrons. The highest BCUT2D eigenvalue weighted by Gasteiger charge is 2.25. The molecule has 5 nitrogen and oxygen atoms in total. The van der Waals surface area contributed by atoms with Crippen molar-refractivity contribution >= 4 is 17.5 Å². The maximum Gasteiger partial charge on any atom is 0.321 e. The van der Waals surface area contributed by atoms with Gasteiger partial charge >= 0.3 is 6.03 Å². The molecule has 18 heavy (non-hydrogen) atoms. The van der Waals surface area contributed by atoms with E-state index < -0.39 is 0 Å². The van der Waals surface area contributed by atoms with Crippen LogP contribution in [-0.2, 0) is 0 Å². The number of aromatic nitrogens is 1. The topological polar surface area (TPSA) is 57.3 Å². The Hall–Kier alpha value is -1.78. The summed E-state index contributed by atoms with van der Waals surface area (Å²) >= 11 is 0. The van der Waals surface area contributed by atoms with Crippen molar-refractivity contribution in [2.24, 2.45) is 0 Å². The summed E-state index contributed by atoms with van der Waals surface area (Å²) in [5.74, 6) is 0.824. The second-order valence-electron chi connectivity index (χ2n) is 4.98. The zero-order valence-electron chi connectivity index (χ0n) is 11.1. The van der Waals surface area contributed by atoms with E-state index in [0.717, 1.165) is 24.3 Å². The molecule has 0 bridgehead atoms. The highest BCUT2D eigenvalue weighted by atomic mass is 16.2. The Balaban J connectivity index is 1.96. The van der Waals surface area contributed by atoms with Crippen LogP contribution >= 0.6 is 0 Å². The number of hydrogen-bond acceptors (Lipinski definition) is 3. The van der Waals surface area contributed by atoms with Crippen LogP contribution in [0.1, 0.15) is 26.7 Å². The maximum absolute atomic E-state index is 11.8. The molecular formula is C13H20N4O. The minimum atomic E-state index is -0.0659. The van der Waals surface area contributed by atoms with Gasteiger partial charge in [-0.05, 0) is 38.8 Å². The first kappa shape index (κ1) is 12.7. The lowest BCUT2D eigenvalue weighted by atomic mass is 10.3. The number of rotatable bonds is 4. The van der Waals surface area contributed by atoms with Crippen molar-refractivity contribution in [2.75, 3.05) is 17.3 Å². The number of carbonyl (C=O) groups excluding carboxylic acids is 1. The van der Waals surface area contributed by atoms with Gasteiger partial charge in [0, 0.05) is 19.1 Å². The minimum Gasteiger partial charge on any atom is -0.368 e. The summed E-state index contributed by atoms with van der Waals surface area (Å²) in [6.45, 7) is 4.12. The lowest BCUT2D eigenvalue weighted by Crippen LogP contribution is -2.38. The van der Waals surface area contributed by atoms with Gasteiger partial charge in [0.15, 0.2) is 0 Å². The second-order valence-corrected chi connectivity index (χ2v) is 4.98. The third kappa shape index (κ3) is 3.35. The van der Waals surface area contributed by atoms with E-state index in [1.165, 1.54) is 0 Å². The predicted octanol–water partition coefficient (Wildman–Crippen LogP) is 2.21. The minimum absolute atomic E-state index is 0.0659. The first-order chi connectivity index (χ1) is 8.56. The summed E-state index contributed by atoms with van der Waals surface area (Å²) in [6, 6.07) is 4.43. The Morgan fingerprint density at radius 1 is 1.44 bits per heavy atom. The number of hydrogen-bond donors (Lipinski definition) is 2. The fraction of sp³-hybridized carbons (Fsp3) is 0.538. The molecule has 98 valence electrons. The first-order valence-electron chi connectivity index (χ1n) is 6.33. The second kappa shape index (κ2) is 5.25. The number of urea groups is 1. The summed E-state index contributed by atoms with van der Waals surface area (Å²) in [4.78, 5) is 17.7. The SMILES string of the molecule is CC(C)Nc1ccc(N(C)C(=O)NC2CC2)cn1. The van der Waals surface area contributed by atoms with E-state index in [1.54, 1.807) is 18.1 Å². The Kier molecular flexibility index (Phi) is 3.69. The summed E-state index contributed by atoms with van der Waals surface area (Å²) in [7, 11) is 1.75. The van der Waals surface area contributed by atoms with Crippen molar-refractivity contribution < 1.29 is 4.79 Å². The van der Waals surface area contributed by atoms with Crippen molar-refractivity contribution in [2.45, 2.75) is 38.8 Å². The normalized spacial score (nSPS) is 14.4. The molecule has 0 atom stereocenters. The molecule has 0 aliphatic heterocycles. The summed E-state index contributed by atoms with van der Waals surface area (Å²) in [6.07, 6.45) is 3.89. The molecule has 1 fully saturated rings. The molecule has 0 unspecified atom stereocenters. The van der Waals surface area contributed by atoms with E-state index in [-0.39, 0.29) is 6.03 Å². The van der Waals surface area contributed by atoms with Gasteiger partial charge < -0.3 is 10.6 Å². The van der Waals surface area contributed by atoms with E-state index in [4.69, 9.17) is 0 Å². The van der Waals surface area contributed by atoms with Crippen LogP contribution < -0.4 is 15.5 Å². The van der Waals surface area contributed by atoms with Crippen LogP contribution in [0.15, 0.2) is 18.3 Å². The number of carbonyl (C=O) groups is 1. The molecule has 0 spiro atoms. The zero-order chi connectivity index (χ0) is 13.1. The van der Waals surface area contributed by atoms with Gasteiger partial charge in [0.1, 0.15) is 5.82 Å². The third-order valence-electron chi connectivity index (χ3n) is 2.78. The van der Waals surface area contributed by atoms with E-state index in [2.05, 4.69) is 29.5 Å². The van der Waals surface area contributed by atoms with Gasteiger partial charge in [-0.1, -0.05) is 0 Å². The van der Waals surface area contributed by atoms with E-state index in [9.17, 15) is 4.79 Å². The molecule has 2 amide bonds. The number of pyridine rings is 1. The quantitative estimate of drug-likeness (QED) is 0.859. The molecular weight excluding hydrogens is 228 g/mol. The first-order valence-corrected chi connectivity index (χ1v) is 6.33. The van der Waals surface area contributed by atoms with Crippen LogP contribution in [0, 0.1) is 0 Å². The van der Waals surface area contributed by atoms with E-state index in [0.29, 0.717) is 12.1 Å². The molecule has 1 aromatic rings. The molecule has 0 saturated heterocycles. The van der Waals surface area contributed by atoms with Gasteiger partial charge in [-0.3, -0.25) is 4.90 Å². The van der Waals surface area contributed by atoms with Crippen LogP contribution in [0.3, 0.4) is 0 Å². The van der Waals surface area contributed by atoms with Crippen LogP contribution in [0.5, 0.6) is 0 Å². The molecule has 1 saturated carbocycles. The Morgan fingerprint density at radius 2 is 2.17 bits per heavy atom. The molecule has 0 aromatic carbocycles. The summed E-state index contributed by atoms with van der Waals surface area (Å²) in [5, 5.41) is 6.15. The van der Waals surface area contributed by atoms with Crippen molar-refractivity contribution in [1.29, 1.82) is 0 Å². The van der Waals surface area contributed by atoms with Crippen molar-refractivity contribution in [3.05, 3.63) is 18.3 Å². The van der Waals surface area contributed by atoms with E-state index in [1.807, 2.05) is 12.1 Å². The van der Waals surface area contributed by atoms with Gasteiger partial charge in [-0.2, -0.15) is 0 Å². The summed E-state index contributed by atoms with van der Waals surface area (Å²) < 4.78 is 0. The number of nitrogens with one attached hydrogen (secondary N) is 2. The lowest BCUT2D eigenvalue weighted by molar-refractivity contribution is 0.247. The van der Waals surface area contributed by atoms with Crippen LogP contribution in [0.2, 0.25) is 0 Å². The molecule has 1 aliphatic carbocycles. The molecule has 1 aromatic heterocycles. The van der Waals surface area contributed by atoms with Crippen molar-refractivity contribution in [3.8, 4) is 0 Å². The van der Waals surface area contributed by atoms with Crippen LogP contribution in [0.25, 0.3) is 0 Å². The molecule has 1 aliphatic rings. The van der Waals surface area contributed by atoms with Crippen LogP contribution in [-0.4, -0.2) is 30.1 Å².